The van der Waals surface area contributed by atoms with Gasteiger partial charge in [0.05, 0.1) is 0 Å². The zero-order chi connectivity index (χ0) is 22.8. The Morgan fingerprint density at radius 3 is 2.35 bits per heavy atom. The molecule has 1 saturated heterocycles. The van der Waals surface area contributed by atoms with Crippen LogP contribution in [-0.2, 0) is 21.7 Å². The van der Waals surface area contributed by atoms with E-state index in [1.54, 1.807) is 18.3 Å². The quantitative estimate of drug-likeness (QED) is 0.558. The van der Waals surface area contributed by atoms with Crippen molar-refractivity contribution in [3.63, 3.8) is 0 Å². The second kappa shape index (κ2) is 8.37. The number of alkyl halides is 3. The maximum absolute atomic E-state index is 14.0. The van der Waals surface area contributed by atoms with E-state index in [1.165, 1.54) is 41.3 Å². The molecule has 0 aromatic heterocycles. The first kappa shape index (κ1) is 22.3. The Morgan fingerprint density at radius 2 is 1.77 bits per heavy atom. The first-order valence-electron chi connectivity index (χ1n) is 9.38. The van der Waals surface area contributed by atoms with E-state index in [9.17, 15) is 31.9 Å². The van der Waals surface area contributed by atoms with Gasteiger partial charge in [0.25, 0.3) is 5.91 Å². The highest BCUT2D eigenvalue weighted by molar-refractivity contribution is 6.10. The SMILES string of the molecule is CCN(Cc1cccc(F)c1)C(=O)CN1C(=O)NC(c2ccccc2)(C(F)(F)F)C1=O. The molecular weight excluding hydrogens is 418 g/mol. The van der Waals surface area contributed by atoms with Gasteiger partial charge in [-0.1, -0.05) is 42.5 Å². The van der Waals surface area contributed by atoms with E-state index < -0.39 is 47.5 Å². The number of hydrogen-bond acceptors (Lipinski definition) is 3. The minimum absolute atomic E-state index is 0.0279. The number of nitrogens with zero attached hydrogens (tertiary/aromatic N) is 2. The average Bonchev–Trinajstić information content (AvgIpc) is 2.98. The van der Waals surface area contributed by atoms with E-state index >= 15 is 0 Å². The Kier molecular flexibility index (Phi) is 6.01. The molecule has 0 spiro atoms. The molecule has 1 aliphatic rings. The second-order valence-electron chi connectivity index (χ2n) is 6.97. The monoisotopic (exact) mass is 437 g/mol. The lowest BCUT2D eigenvalue weighted by Crippen LogP contribution is -2.56. The normalized spacial score (nSPS) is 18.8. The first-order chi connectivity index (χ1) is 14.6. The highest BCUT2D eigenvalue weighted by Crippen LogP contribution is 2.43. The van der Waals surface area contributed by atoms with E-state index in [1.807, 2.05) is 0 Å². The summed E-state index contributed by atoms with van der Waals surface area (Å²) >= 11 is 0. The van der Waals surface area contributed by atoms with Crippen LogP contribution in [0.4, 0.5) is 22.4 Å². The number of rotatable bonds is 6. The molecule has 1 heterocycles. The smallest absolute Gasteiger partial charge is 0.337 e. The number of benzene rings is 2. The van der Waals surface area contributed by atoms with Crippen molar-refractivity contribution in [2.75, 3.05) is 13.1 Å². The van der Waals surface area contributed by atoms with E-state index in [2.05, 4.69) is 0 Å². The topological polar surface area (TPSA) is 69.7 Å². The highest BCUT2D eigenvalue weighted by atomic mass is 19.4. The van der Waals surface area contributed by atoms with Crippen LogP contribution in [0.5, 0.6) is 0 Å². The van der Waals surface area contributed by atoms with Gasteiger partial charge < -0.3 is 10.2 Å². The van der Waals surface area contributed by atoms with E-state index in [4.69, 9.17) is 0 Å². The summed E-state index contributed by atoms with van der Waals surface area (Å²) in [5.41, 5.74) is -3.27. The highest BCUT2D eigenvalue weighted by Gasteiger charge is 2.68. The molecule has 2 aromatic rings. The van der Waals surface area contributed by atoms with Crippen LogP contribution in [0.25, 0.3) is 0 Å². The van der Waals surface area contributed by atoms with E-state index in [0.29, 0.717) is 5.56 Å². The van der Waals surface area contributed by atoms with Crippen LogP contribution < -0.4 is 5.32 Å². The molecule has 2 aromatic carbocycles. The van der Waals surface area contributed by atoms with Crippen molar-refractivity contribution in [2.45, 2.75) is 25.2 Å². The molecule has 1 N–H and O–H groups in total. The van der Waals surface area contributed by atoms with Gasteiger partial charge in [-0.15, -0.1) is 0 Å². The standard InChI is InChI=1S/C21H19F4N3O3/c1-2-27(12-14-7-6-10-16(22)11-14)17(29)13-28-18(30)20(21(23,24)25,26-19(28)31)15-8-4-3-5-9-15/h3-11H,2,12-13H2,1H3,(H,26,31). The lowest BCUT2D eigenvalue weighted by molar-refractivity contribution is -0.198. The second-order valence-corrected chi connectivity index (χ2v) is 6.97. The summed E-state index contributed by atoms with van der Waals surface area (Å²) in [5, 5.41) is 1.74. The zero-order valence-electron chi connectivity index (χ0n) is 16.4. The number of nitrogens with one attached hydrogen (secondary N) is 1. The van der Waals surface area contributed by atoms with Gasteiger partial charge >= 0.3 is 12.2 Å². The Balaban J connectivity index is 1.85. The lowest BCUT2D eigenvalue weighted by atomic mass is 9.89. The molecule has 1 aliphatic heterocycles. The van der Waals surface area contributed by atoms with Gasteiger partial charge in [-0.25, -0.2) is 9.18 Å². The van der Waals surface area contributed by atoms with Gasteiger partial charge in [0.1, 0.15) is 12.4 Å². The molecule has 10 heteroatoms. The molecule has 31 heavy (non-hydrogen) atoms. The first-order valence-corrected chi connectivity index (χ1v) is 9.38. The molecule has 6 nitrogen and oxygen atoms in total. The van der Waals surface area contributed by atoms with Crippen LogP contribution in [0.2, 0.25) is 0 Å². The Bertz CT molecular complexity index is 997. The molecule has 0 saturated carbocycles. The van der Waals surface area contributed by atoms with Gasteiger partial charge in [-0.3, -0.25) is 14.5 Å². The third-order valence-corrected chi connectivity index (χ3v) is 5.03. The van der Waals surface area contributed by atoms with Crippen molar-refractivity contribution in [1.82, 2.24) is 15.1 Å². The summed E-state index contributed by atoms with van der Waals surface area (Å²) in [6.45, 7) is 0.855. The largest absolute Gasteiger partial charge is 0.425 e. The van der Waals surface area contributed by atoms with Gasteiger partial charge in [0.15, 0.2) is 0 Å². The predicted molar refractivity (Wildman–Crippen MR) is 102 cm³/mol. The van der Waals surface area contributed by atoms with Crippen molar-refractivity contribution < 1.29 is 31.9 Å². The molecule has 3 rings (SSSR count). The number of amides is 4. The molecule has 1 atom stereocenters. The number of carbonyl (C=O) groups excluding carboxylic acids is 3. The number of urea groups is 1. The summed E-state index contributed by atoms with van der Waals surface area (Å²) in [5.74, 6) is -2.83. The molecule has 0 bridgehead atoms. The molecule has 0 radical (unpaired) electrons. The fourth-order valence-corrected chi connectivity index (χ4v) is 3.43. The fourth-order valence-electron chi connectivity index (χ4n) is 3.43. The van der Waals surface area contributed by atoms with Crippen LogP contribution in [0.1, 0.15) is 18.1 Å². The molecule has 164 valence electrons. The number of halogens is 4. The van der Waals surface area contributed by atoms with Gasteiger partial charge in [-0.05, 0) is 30.2 Å². The molecule has 0 aliphatic carbocycles. The third kappa shape index (κ3) is 4.10. The number of imide groups is 1. The number of hydrogen-bond donors (Lipinski definition) is 1. The number of carbonyl (C=O) groups is 3. The summed E-state index contributed by atoms with van der Waals surface area (Å²) in [4.78, 5) is 39.3. The Hall–Kier alpha value is -3.43. The maximum atomic E-state index is 14.0. The maximum Gasteiger partial charge on any atom is 0.425 e. The van der Waals surface area contributed by atoms with Gasteiger partial charge in [-0.2, -0.15) is 13.2 Å². The lowest BCUT2D eigenvalue weighted by Gasteiger charge is -2.29. The van der Waals surface area contributed by atoms with Crippen molar-refractivity contribution >= 4 is 17.8 Å². The fraction of sp³-hybridized carbons (Fsp3) is 0.286. The molecule has 1 fully saturated rings. The van der Waals surface area contributed by atoms with Crippen molar-refractivity contribution in [1.29, 1.82) is 0 Å². The zero-order valence-corrected chi connectivity index (χ0v) is 16.4. The van der Waals surface area contributed by atoms with Crippen LogP contribution in [-0.4, -0.2) is 46.9 Å². The van der Waals surface area contributed by atoms with Gasteiger partial charge in [0, 0.05) is 13.1 Å². The minimum atomic E-state index is -5.13. The Labute approximate surface area is 175 Å². The third-order valence-electron chi connectivity index (χ3n) is 5.03. The van der Waals surface area contributed by atoms with Crippen LogP contribution in [0, 0.1) is 5.82 Å². The van der Waals surface area contributed by atoms with Crippen molar-refractivity contribution in [3.05, 3.63) is 71.5 Å². The average molecular weight is 437 g/mol. The minimum Gasteiger partial charge on any atom is -0.337 e. The van der Waals surface area contributed by atoms with Crippen molar-refractivity contribution in [2.24, 2.45) is 0 Å². The summed E-state index contributed by atoms with van der Waals surface area (Å²) in [7, 11) is 0. The van der Waals surface area contributed by atoms with Crippen LogP contribution in [0.3, 0.4) is 0 Å². The van der Waals surface area contributed by atoms with Gasteiger partial charge in [0.2, 0.25) is 11.4 Å². The summed E-state index contributed by atoms with van der Waals surface area (Å²) in [6, 6.07) is 10.4. The van der Waals surface area contributed by atoms with Crippen LogP contribution in [0.15, 0.2) is 54.6 Å². The molecular formula is C21H19F4N3O3. The van der Waals surface area contributed by atoms with Crippen LogP contribution >= 0.6 is 0 Å². The summed E-state index contributed by atoms with van der Waals surface area (Å²) in [6.07, 6.45) is -5.13. The Morgan fingerprint density at radius 1 is 1.10 bits per heavy atom. The van der Waals surface area contributed by atoms with Crippen molar-refractivity contribution in [3.8, 4) is 0 Å². The van der Waals surface area contributed by atoms with E-state index in [0.717, 1.165) is 12.1 Å². The number of likely N-dealkylation sites (N-methyl/N-ethyl adjacent to an activating group) is 1. The van der Waals surface area contributed by atoms with E-state index in [-0.39, 0.29) is 18.0 Å². The molecule has 1 unspecified atom stereocenters. The molecule has 4 amide bonds. The predicted octanol–water partition coefficient (Wildman–Crippen LogP) is 3.18. The summed E-state index contributed by atoms with van der Waals surface area (Å²) < 4.78 is 55.4.